The molecule has 1 saturated heterocycles. The first-order chi connectivity index (χ1) is 10.0. The van der Waals surface area contributed by atoms with E-state index in [0.717, 1.165) is 31.5 Å². The monoisotopic (exact) mass is 329 g/mol. The molecule has 0 aromatic heterocycles. The zero-order chi connectivity index (χ0) is 15.2. The minimum absolute atomic E-state index is 0.102. The van der Waals surface area contributed by atoms with Crippen LogP contribution in [0.3, 0.4) is 0 Å². The molecule has 2 amide bonds. The molecule has 2 N–H and O–H groups in total. The molecule has 1 heterocycles. The van der Waals surface area contributed by atoms with Crippen LogP contribution < -0.4 is 10.6 Å². The number of nitrogens with zero attached hydrogens (tertiary/aromatic N) is 1. The zero-order valence-electron chi connectivity index (χ0n) is 12.2. The van der Waals surface area contributed by atoms with Crippen molar-refractivity contribution in [1.82, 2.24) is 15.5 Å². The number of likely N-dealkylation sites (tertiary alicyclic amines) is 1. The van der Waals surface area contributed by atoms with Crippen LogP contribution >= 0.6 is 23.2 Å². The van der Waals surface area contributed by atoms with Crippen molar-refractivity contribution >= 4 is 29.2 Å². The van der Waals surface area contributed by atoms with Crippen LogP contribution in [0.1, 0.15) is 18.4 Å². The summed E-state index contributed by atoms with van der Waals surface area (Å²) in [6, 6.07) is 5.59. The number of carbonyl (C=O) groups is 1. The number of rotatable bonds is 4. The molecule has 0 atom stereocenters. The molecule has 116 valence electrons. The molecule has 0 saturated carbocycles. The molecule has 1 aromatic rings. The number of halogens is 2. The van der Waals surface area contributed by atoms with Gasteiger partial charge in [0, 0.05) is 22.6 Å². The lowest BCUT2D eigenvalue weighted by Crippen LogP contribution is -2.47. The van der Waals surface area contributed by atoms with Gasteiger partial charge in [-0.25, -0.2) is 4.79 Å². The van der Waals surface area contributed by atoms with Crippen LogP contribution in [0.2, 0.25) is 10.0 Å². The summed E-state index contributed by atoms with van der Waals surface area (Å²) in [5.74, 6) is 0. The Morgan fingerprint density at radius 2 is 2.05 bits per heavy atom. The molecule has 0 spiro atoms. The third-order valence-corrected chi connectivity index (χ3v) is 4.34. The van der Waals surface area contributed by atoms with Gasteiger partial charge in [0.1, 0.15) is 0 Å². The third-order valence-electron chi connectivity index (χ3n) is 3.75. The SMILES string of the molecule is CN1CCC(NC(=O)NCCc2ccc(Cl)cc2Cl)CC1. The second-order valence-electron chi connectivity index (χ2n) is 5.46. The highest BCUT2D eigenvalue weighted by atomic mass is 35.5. The van der Waals surface area contributed by atoms with Gasteiger partial charge in [-0.3, -0.25) is 0 Å². The van der Waals surface area contributed by atoms with Gasteiger partial charge in [0.2, 0.25) is 0 Å². The van der Waals surface area contributed by atoms with E-state index in [0.29, 0.717) is 23.0 Å². The molecule has 1 aliphatic heterocycles. The van der Waals surface area contributed by atoms with E-state index in [1.807, 2.05) is 6.07 Å². The quantitative estimate of drug-likeness (QED) is 0.892. The maximum atomic E-state index is 11.8. The maximum absolute atomic E-state index is 11.8. The Hall–Kier alpha value is -0.970. The third kappa shape index (κ3) is 5.38. The number of benzene rings is 1. The van der Waals surface area contributed by atoms with E-state index >= 15 is 0 Å². The highest BCUT2D eigenvalue weighted by Crippen LogP contribution is 2.21. The summed E-state index contributed by atoms with van der Waals surface area (Å²) in [5, 5.41) is 7.16. The summed E-state index contributed by atoms with van der Waals surface area (Å²) in [4.78, 5) is 14.1. The van der Waals surface area contributed by atoms with Crippen molar-refractivity contribution < 1.29 is 4.79 Å². The lowest BCUT2D eigenvalue weighted by atomic mass is 10.1. The minimum atomic E-state index is -0.102. The molecule has 0 bridgehead atoms. The second-order valence-corrected chi connectivity index (χ2v) is 6.31. The number of carbonyl (C=O) groups excluding carboxylic acids is 1. The Labute approximate surface area is 135 Å². The molecular weight excluding hydrogens is 309 g/mol. The molecule has 21 heavy (non-hydrogen) atoms. The summed E-state index contributed by atoms with van der Waals surface area (Å²) in [6.45, 7) is 2.62. The summed E-state index contributed by atoms with van der Waals surface area (Å²) in [7, 11) is 2.10. The predicted molar refractivity (Wildman–Crippen MR) is 87.2 cm³/mol. The van der Waals surface area contributed by atoms with Crippen LogP contribution in [0.15, 0.2) is 18.2 Å². The Kier molecular flexibility index (Phi) is 6.15. The van der Waals surface area contributed by atoms with Crippen molar-refractivity contribution in [1.29, 1.82) is 0 Å². The largest absolute Gasteiger partial charge is 0.338 e. The maximum Gasteiger partial charge on any atom is 0.315 e. The Morgan fingerprint density at radius 1 is 1.33 bits per heavy atom. The van der Waals surface area contributed by atoms with Crippen LogP contribution in [-0.2, 0) is 6.42 Å². The number of hydrogen-bond donors (Lipinski definition) is 2. The van der Waals surface area contributed by atoms with Crippen LogP contribution in [-0.4, -0.2) is 43.7 Å². The molecule has 1 fully saturated rings. The molecule has 1 aromatic carbocycles. The fourth-order valence-corrected chi connectivity index (χ4v) is 2.93. The number of nitrogens with one attached hydrogen (secondary N) is 2. The predicted octanol–water partition coefficient (Wildman–Crippen LogP) is 2.93. The summed E-state index contributed by atoms with van der Waals surface area (Å²) >= 11 is 11.9. The highest BCUT2D eigenvalue weighted by Gasteiger charge is 2.17. The van der Waals surface area contributed by atoms with E-state index in [2.05, 4.69) is 22.6 Å². The molecule has 6 heteroatoms. The molecule has 0 unspecified atom stereocenters. The number of amides is 2. The second kappa shape index (κ2) is 7.87. The van der Waals surface area contributed by atoms with Crippen LogP contribution in [0.25, 0.3) is 0 Å². The lowest BCUT2D eigenvalue weighted by Gasteiger charge is -2.29. The normalized spacial score (nSPS) is 16.7. The smallest absolute Gasteiger partial charge is 0.315 e. The lowest BCUT2D eigenvalue weighted by molar-refractivity contribution is 0.214. The molecule has 4 nitrogen and oxygen atoms in total. The van der Waals surface area contributed by atoms with Gasteiger partial charge in [0.25, 0.3) is 0 Å². The van der Waals surface area contributed by atoms with Gasteiger partial charge in [0.15, 0.2) is 0 Å². The Morgan fingerprint density at radius 3 is 2.71 bits per heavy atom. The molecular formula is C15H21Cl2N3O. The van der Waals surface area contributed by atoms with Gasteiger partial charge >= 0.3 is 6.03 Å². The first-order valence-electron chi connectivity index (χ1n) is 7.21. The fourth-order valence-electron chi connectivity index (χ4n) is 2.42. The van der Waals surface area contributed by atoms with Gasteiger partial charge in [-0.2, -0.15) is 0 Å². The summed E-state index contributed by atoms with van der Waals surface area (Å²) < 4.78 is 0. The van der Waals surface area contributed by atoms with Gasteiger partial charge < -0.3 is 15.5 Å². The van der Waals surface area contributed by atoms with Crippen LogP contribution in [0.4, 0.5) is 4.79 Å². The summed E-state index contributed by atoms with van der Waals surface area (Å²) in [5.41, 5.74) is 0.987. The van der Waals surface area contributed by atoms with Crippen molar-refractivity contribution in [2.75, 3.05) is 26.7 Å². The van der Waals surface area contributed by atoms with Crippen molar-refractivity contribution in [3.63, 3.8) is 0 Å². The van der Waals surface area contributed by atoms with Crippen LogP contribution in [0, 0.1) is 0 Å². The standard InChI is InChI=1S/C15H21Cl2N3O/c1-20-8-5-13(6-9-20)19-15(21)18-7-4-11-2-3-12(16)10-14(11)17/h2-3,10,13H,4-9H2,1H3,(H2,18,19,21). The zero-order valence-corrected chi connectivity index (χ0v) is 13.7. The number of hydrogen-bond acceptors (Lipinski definition) is 2. The van der Waals surface area contributed by atoms with Crippen molar-refractivity contribution in [3.05, 3.63) is 33.8 Å². The van der Waals surface area contributed by atoms with E-state index in [9.17, 15) is 4.79 Å². The van der Waals surface area contributed by atoms with E-state index in [-0.39, 0.29) is 12.1 Å². The first kappa shape index (κ1) is 16.4. The topological polar surface area (TPSA) is 44.4 Å². The van der Waals surface area contributed by atoms with E-state index in [1.165, 1.54) is 0 Å². The van der Waals surface area contributed by atoms with Crippen LogP contribution in [0.5, 0.6) is 0 Å². The van der Waals surface area contributed by atoms with Crippen molar-refractivity contribution in [3.8, 4) is 0 Å². The first-order valence-corrected chi connectivity index (χ1v) is 7.97. The Bertz CT molecular complexity index is 488. The van der Waals surface area contributed by atoms with Crippen molar-refractivity contribution in [2.24, 2.45) is 0 Å². The van der Waals surface area contributed by atoms with E-state index in [4.69, 9.17) is 23.2 Å². The molecule has 2 rings (SSSR count). The summed E-state index contributed by atoms with van der Waals surface area (Å²) in [6.07, 6.45) is 2.71. The minimum Gasteiger partial charge on any atom is -0.338 e. The van der Waals surface area contributed by atoms with Crippen molar-refractivity contribution in [2.45, 2.75) is 25.3 Å². The highest BCUT2D eigenvalue weighted by molar-refractivity contribution is 6.35. The van der Waals surface area contributed by atoms with E-state index < -0.39 is 0 Å². The molecule has 0 radical (unpaired) electrons. The van der Waals surface area contributed by atoms with Gasteiger partial charge in [-0.15, -0.1) is 0 Å². The average molecular weight is 330 g/mol. The van der Waals surface area contributed by atoms with E-state index in [1.54, 1.807) is 12.1 Å². The Balaban J connectivity index is 1.69. The molecule has 1 aliphatic rings. The number of urea groups is 1. The van der Waals surface area contributed by atoms with Gasteiger partial charge in [-0.05, 0) is 57.1 Å². The van der Waals surface area contributed by atoms with Gasteiger partial charge in [0.05, 0.1) is 0 Å². The van der Waals surface area contributed by atoms with Gasteiger partial charge in [-0.1, -0.05) is 29.3 Å². The fraction of sp³-hybridized carbons (Fsp3) is 0.533. The molecule has 0 aliphatic carbocycles. The number of piperidine rings is 1. The average Bonchev–Trinajstić information content (AvgIpc) is 2.44.